The van der Waals surface area contributed by atoms with Gasteiger partial charge in [0.05, 0.1) is 12.5 Å². The lowest BCUT2D eigenvalue weighted by Crippen LogP contribution is -2.14. The Morgan fingerprint density at radius 3 is 2.50 bits per heavy atom. The number of carboxylic acid groups (broad SMARTS) is 2. The molecule has 0 spiro atoms. The summed E-state index contributed by atoms with van der Waals surface area (Å²) in [6, 6.07) is 1.77. The average Bonchev–Trinajstić information content (AvgIpc) is 2.50. The number of hydrogen-bond acceptors (Lipinski definition) is 4. The lowest BCUT2D eigenvalue weighted by molar-refractivity contribution is -0.137. The Labute approximate surface area is 78.9 Å². The van der Waals surface area contributed by atoms with Crippen LogP contribution in [0.25, 0.3) is 0 Å². The van der Waals surface area contributed by atoms with Gasteiger partial charge >= 0.3 is 11.9 Å². The van der Waals surface area contributed by atoms with Crippen LogP contribution in [0.3, 0.4) is 0 Å². The highest BCUT2D eigenvalue weighted by molar-refractivity contribution is 5.84. The highest BCUT2D eigenvalue weighted by Crippen LogP contribution is 2.17. The molecule has 0 aliphatic heterocycles. The van der Waals surface area contributed by atoms with E-state index in [-0.39, 0.29) is 17.9 Å². The minimum Gasteiger partial charge on any atom is -0.481 e. The summed E-state index contributed by atoms with van der Waals surface area (Å²) < 4.78 is 4.82. The maximum absolute atomic E-state index is 10.4. The van der Waals surface area contributed by atoms with Gasteiger partial charge in [-0.1, -0.05) is 0 Å². The van der Waals surface area contributed by atoms with Gasteiger partial charge < -0.3 is 20.4 Å². The Morgan fingerprint density at radius 2 is 2.07 bits per heavy atom. The number of carboxylic acids is 2. The second kappa shape index (κ2) is 3.93. The second-order valence-corrected chi connectivity index (χ2v) is 2.71. The Bertz CT molecular complexity index is 356. The van der Waals surface area contributed by atoms with Crippen molar-refractivity contribution in [2.45, 2.75) is 12.5 Å². The Morgan fingerprint density at radius 1 is 1.43 bits per heavy atom. The first-order valence-corrected chi connectivity index (χ1v) is 3.81. The van der Waals surface area contributed by atoms with Crippen molar-refractivity contribution in [1.82, 2.24) is 0 Å². The predicted octanol–water partition coefficient (Wildman–Crippen LogP) is 0.452. The van der Waals surface area contributed by atoms with E-state index in [0.29, 0.717) is 0 Å². The third-order valence-electron chi connectivity index (χ3n) is 1.60. The van der Waals surface area contributed by atoms with Crippen LogP contribution in [0.4, 0.5) is 0 Å². The highest BCUT2D eigenvalue weighted by atomic mass is 16.4. The van der Waals surface area contributed by atoms with Crippen molar-refractivity contribution in [3.63, 3.8) is 0 Å². The first-order chi connectivity index (χ1) is 6.50. The fraction of sp³-hybridized carbons (Fsp3) is 0.250. The molecule has 0 fully saturated rings. The van der Waals surface area contributed by atoms with Gasteiger partial charge in [-0.05, 0) is 12.1 Å². The van der Waals surface area contributed by atoms with Crippen LogP contribution >= 0.6 is 0 Å². The molecule has 14 heavy (non-hydrogen) atoms. The summed E-state index contributed by atoms with van der Waals surface area (Å²) in [7, 11) is 0. The van der Waals surface area contributed by atoms with E-state index in [4.69, 9.17) is 20.4 Å². The van der Waals surface area contributed by atoms with Crippen LogP contribution < -0.4 is 5.73 Å². The van der Waals surface area contributed by atoms with Crippen molar-refractivity contribution < 1.29 is 24.2 Å². The molecule has 76 valence electrons. The quantitative estimate of drug-likeness (QED) is 0.648. The first-order valence-electron chi connectivity index (χ1n) is 3.81. The van der Waals surface area contributed by atoms with Gasteiger partial charge in [-0.15, -0.1) is 0 Å². The largest absolute Gasteiger partial charge is 0.481 e. The van der Waals surface area contributed by atoms with E-state index < -0.39 is 18.0 Å². The van der Waals surface area contributed by atoms with Crippen molar-refractivity contribution in [1.29, 1.82) is 0 Å². The summed E-state index contributed by atoms with van der Waals surface area (Å²) in [6.07, 6.45) is -0.299. The molecule has 0 saturated carbocycles. The Kier molecular flexibility index (Phi) is 2.88. The second-order valence-electron chi connectivity index (χ2n) is 2.71. The van der Waals surface area contributed by atoms with Crippen LogP contribution in [0.1, 0.15) is 28.8 Å². The molecule has 1 aromatic heterocycles. The van der Waals surface area contributed by atoms with Gasteiger partial charge in [0.15, 0.2) is 0 Å². The molecule has 0 amide bonds. The van der Waals surface area contributed by atoms with Gasteiger partial charge in [-0.3, -0.25) is 4.79 Å². The molecule has 0 bridgehead atoms. The van der Waals surface area contributed by atoms with Crippen molar-refractivity contribution in [3.8, 4) is 0 Å². The zero-order chi connectivity index (χ0) is 10.7. The minimum atomic E-state index is -1.21. The van der Waals surface area contributed by atoms with E-state index in [1.807, 2.05) is 0 Å². The SMILES string of the molecule is N[C@@H](CC(=O)O)c1ccc(C(=O)O)o1. The van der Waals surface area contributed by atoms with Gasteiger partial charge in [0.25, 0.3) is 0 Å². The third-order valence-corrected chi connectivity index (χ3v) is 1.60. The molecule has 1 heterocycles. The zero-order valence-electron chi connectivity index (χ0n) is 7.14. The third kappa shape index (κ3) is 2.33. The number of nitrogens with two attached hydrogens (primary N) is 1. The fourth-order valence-electron chi connectivity index (χ4n) is 0.956. The molecular weight excluding hydrogens is 190 g/mol. The van der Waals surface area contributed by atoms with E-state index in [9.17, 15) is 9.59 Å². The lowest BCUT2D eigenvalue weighted by Gasteiger charge is -2.03. The number of furan rings is 1. The smallest absolute Gasteiger partial charge is 0.371 e. The normalized spacial score (nSPS) is 12.4. The van der Waals surface area contributed by atoms with Crippen LogP contribution in [-0.4, -0.2) is 22.2 Å². The number of carbonyl (C=O) groups is 2. The number of rotatable bonds is 4. The van der Waals surface area contributed by atoms with E-state index in [1.165, 1.54) is 12.1 Å². The standard InChI is InChI=1S/C8H9NO5/c9-4(3-7(10)11)5-1-2-6(14-5)8(12)13/h1-2,4H,3,9H2,(H,10,11)(H,12,13)/t4-/m0/s1. The number of aliphatic carboxylic acids is 1. The van der Waals surface area contributed by atoms with Gasteiger partial charge in [-0.2, -0.15) is 0 Å². The maximum atomic E-state index is 10.4. The van der Waals surface area contributed by atoms with E-state index >= 15 is 0 Å². The molecule has 6 heteroatoms. The molecule has 6 nitrogen and oxygen atoms in total. The van der Waals surface area contributed by atoms with Crippen molar-refractivity contribution in [2.75, 3.05) is 0 Å². The Balaban J connectivity index is 2.76. The molecule has 1 aromatic rings. The van der Waals surface area contributed by atoms with Crippen LogP contribution in [0, 0.1) is 0 Å². The maximum Gasteiger partial charge on any atom is 0.371 e. The molecule has 1 rings (SSSR count). The minimum absolute atomic E-state index is 0.157. The molecule has 0 saturated heterocycles. The summed E-state index contributed by atoms with van der Waals surface area (Å²) >= 11 is 0. The van der Waals surface area contributed by atoms with Gasteiger partial charge in [0.1, 0.15) is 5.76 Å². The molecule has 4 N–H and O–H groups in total. The summed E-state index contributed by atoms with van der Waals surface area (Å²) in [5, 5.41) is 16.9. The van der Waals surface area contributed by atoms with Crippen molar-refractivity contribution in [2.24, 2.45) is 5.73 Å². The Hall–Kier alpha value is -1.82. The highest BCUT2D eigenvalue weighted by Gasteiger charge is 2.16. The lowest BCUT2D eigenvalue weighted by atomic mass is 10.2. The molecule has 0 radical (unpaired) electrons. The summed E-state index contributed by atoms with van der Waals surface area (Å²) in [5.74, 6) is -2.37. The van der Waals surface area contributed by atoms with E-state index in [0.717, 1.165) is 0 Å². The number of hydrogen-bond donors (Lipinski definition) is 3. The summed E-state index contributed by atoms with van der Waals surface area (Å²) in [5.41, 5.74) is 5.44. The van der Waals surface area contributed by atoms with Crippen molar-refractivity contribution >= 4 is 11.9 Å². The van der Waals surface area contributed by atoms with Gasteiger partial charge in [0, 0.05) is 0 Å². The molecule has 0 aromatic carbocycles. The van der Waals surface area contributed by atoms with Crippen LogP contribution in [0.5, 0.6) is 0 Å². The summed E-state index contributed by atoms with van der Waals surface area (Å²) in [6.45, 7) is 0. The molecular formula is C8H9NO5. The van der Waals surface area contributed by atoms with Gasteiger partial charge in [-0.25, -0.2) is 4.79 Å². The van der Waals surface area contributed by atoms with Crippen LogP contribution in [0.15, 0.2) is 16.5 Å². The van der Waals surface area contributed by atoms with E-state index in [1.54, 1.807) is 0 Å². The van der Waals surface area contributed by atoms with E-state index in [2.05, 4.69) is 0 Å². The predicted molar refractivity (Wildman–Crippen MR) is 44.8 cm³/mol. The molecule has 0 unspecified atom stereocenters. The van der Waals surface area contributed by atoms with Crippen LogP contribution in [0.2, 0.25) is 0 Å². The van der Waals surface area contributed by atoms with Crippen LogP contribution in [-0.2, 0) is 4.79 Å². The average molecular weight is 199 g/mol. The number of aromatic carboxylic acids is 1. The van der Waals surface area contributed by atoms with Gasteiger partial charge in [0.2, 0.25) is 5.76 Å². The fourth-order valence-corrected chi connectivity index (χ4v) is 0.956. The zero-order valence-corrected chi connectivity index (χ0v) is 7.14. The summed E-state index contributed by atoms with van der Waals surface area (Å²) in [4.78, 5) is 20.7. The monoisotopic (exact) mass is 199 g/mol. The molecule has 1 atom stereocenters. The topological polar surface area (TPSA) is 114 Å². The van der Waals surface area contributed by atoms with Crippen molar-refractivity contribution in [3.05, 3.63) is 23.7 Å². The molecule has 0 aliphatic rings. The first kappa shape index (κ1) is 10.3. The molecule has 0 aliphatic carbocycles.